The van der Waals surface area contributed by atoms with E-state index in [0.717, 1.165) is 70.8 Å². The summed E-state index contributed by atoms with van der Waals surface area (Å²) in [6, 6.07) is 1.56. The third kappa shape index (κ3) is 5.34. The van der Waals surface area contributed by atoms with E-state index in [2.05, 4.69) is 16.7 Å². The van der Waals surface area contributed by atoms with Crippen LogP contribution >= 0.6 is 0 Å². The monoisotopic (exact) mass is 323 g/mol. The van der Waals surface area contributed by atoms with Crippen molar-refractivity contribution in [2.75, 3.05) is 39.3 Å². The van der Waals surface area contributed by atoms with E-state index in [0.29, 0.717) is 0 Å². The summed E-state index contributed by atoms with van der Waals surface area (Å²) in [5, 5.41) is 18.6. The molecule has 0 aliphatic carbocycles. The Labute approximate surface area is 138 Å². The molecule has 1 aromatic rings. The van der Waals surface area contributed by atoms with E-state index >= 15 is 0 Å². The summed E-state index contributed by atoms with van der Waals surface area (Å²) in [7, 11) is 0. The molecule has 1 aromatic heterocycles. The Morgan fingerprint density at radius 3 is 2.43 bits per heavy atom. The Balaban J connectivity index is 2.01. The first kappa shape index (κ1) is 18.0. The normalized spacial score (nSPS) is 16.8. The molecule has 1 fully saturated rings. The summed E-state index contributed by atoms with van der Waals surface area (Å²) in [6.45, 7) is 9.13. The fraction of sp³-hybridized carbons (Fsp3) is 0.706. The zero-order chi connectivity index (χ0) is 16.7. The molecule has 23 heavy (non-hydrogen) atoms. The number of hydrogen-bond donors (Lipinski definition) is 2. The Morgan fingerprint density at radius 2 is 1.78 bits per heavy atom. The van der Waals surface area contributed by atoms with Gasteiger partial charge in [0, 0.05) is 57.6 Å². The average Bonchev–Trinajstić information content (AvgIpc) is 2.56. The molecule has 1 aliphatic rings. The molecule has 0 saturated carbocycles. The summed E-state index contributed by atoms with van der Waals surface area (Å²) in [4.78, 5) is 16.6. The molecular weight excluding hydrogens is 294 g/mol. The zero-order valence-corrected chi connectivity index (χ0v) is 14.1. The van der Waals surface area contributed by atoms with Crippen molar-refractivity contribution in [3.63, 3.8) is 0 Å². The van der Waals surface area contributed by atoms with Crippen LogP contribution in [-0.2, 0) is 13.1 Å². The average molecular weight is 323 g/mol. The largest absolute Gasteiger partial charge is 0.503 e. The van der Waals surface area contributed by atoms with E-state index in [1.807, 2.05) is 4.57 Å². The summed E-state index contributed by atoms with van der Waals surface area (Å²) in [6.07, 6.45) is 4.22. The summed E-state index contributed by atoms with van der Waals surface area (Å²) < 4.78 is 1.99. The second-order valence-corrected chi connectivity index (χ2v) is 6.20. The first-order chi connectivity index (χ1) is 11.1. The van der Waals surface area contributed by atoms with E-state index in [1.54, 1.807) is 12.3 Å². The lowest BCUT2D eigenvalue weighted by Gasteiger charge is -2.34. The van der Waals surface area contributed by atoms with Crippen LogP contribution < -0.4 is 5.43 Å². The highest BCUT2D eigenvalue weighted by Crippen LogP contribution is 2.12. The highest BCUT2D eigenvalue weighted by molar-refractivity contribution is 5.20. The Hall–Kier alpha value is -1.37. The number of likely N-dealkylation sites (N-methyl/N-ethyl adjacent to an activating group) is 1. The molecule has 0 radical (unpaired) electrons. The molecule has 0 unspecified atom stereocenters. The SMILES string of the molecule is CCN1CCN(Cc2cc(=O)c(O)cn2CCCCCO)CC1. The van der Waals surface area contributed by atoms with Crippen LogP contribution in [0.25, 0.3) is 0 Å². The highest BCUT2D eigenvalue weighted by atomic mass is 16.3. The molecule has 6 nitrogen and oxygen atoms in total. The third-order valence-corrected chi connectivity index (χ3v) is 4.55. The molecule has 6 heteroatoms. The second kappa shape index (κ2) is 9.05. The van der Waals surface area contributed by atoms with Gasteiger partial charge in [-0.15, -0.1) is 0 Å². The number of rotatable bonds is 8. The lowest BCUT2D eigenvalue weighted by atomic mass is 10.2. The molecule has 2 N–H and O–H groups in total. The van der Waals surface area contributed by atoms with Crippen LogP contribution in [0.3, 0.4) is 0 Å². The smallest absolute Gasteiger partial charge is 0.223 e. The molecule has 2 rings (SSSR count). The summed E-state index contributed by atoms with van der Waals surface area (Å²) in [5.74, 6) is -0.188. The molecule has 0 aromatic carbocycles. The van der Waals surface area contributed by atoms with Gasteiger partial charge in [-0.2, -0.15) is 0 Å². The van der Waals surface area contributed by atoms with E-state index in [-0.39, 0.29) is 17.8 Å². The minimum absolute atomic E-state index is 0.188. The number of aromatic nitrogens is 1. The lowest BCUT2D eigenvalue weighted by Crippen LogP contribution is -2.46. The minimum atomic E-state index is -0.307. The van der Waals surface area contributed by atoms with Crippen LogP contribution in [0.1, 0.15) is 31.9 Å². The molecule has 130 valence electrons. The van der Waals surface area contributed by atoms with Gasteiger partial charge in [-0.3, -0.25) is 9.69 Å². The van der Waals surface area contributed by atoms with E-state index < -0.39 is 0 Å². The van der Waals surface area contributed by atoms with Crippen LogP contribution in [-0.4, -0.2) is 63.9 Å². The molecular formula is C17H29N3O3. The first-order valence-corrected chi connectivity index (χ1v) is 8.62. The topological polar surface area (TPSA) is 68.9 Å². The first-order valence-electron chi connectivity index (χ1n) is 8.62. The van der Waals surface area contributed by atoms with Crippen LogP contribution in [0.4, 0.5) is 0 Å². The molecule has 0 spiro atoms. The number of aryl methyl sites for hydroxylation is 1. The highest BCUT2D eigenvalue weighted by Gasteiger charge is 2.17. The number of hydrogen-bond acceptors (Lipinski definition) is 5. The molecule has 1 aliphatic heterocycles. The predicted molar refractivity (Wildman–Crippen MR) is 90.7 cm³/mol. The maximum atomic E-state index is 11.8. The van der Waals surface area contributed by atoms with E-state index in [4.69, 9.17) is 5.11 Å². The van der Waals surface area contributed by atoms with Crippen molar-refractivity contribution in [2.45, 2.75) is 39.3 Å². The predicted octanol–water partition coefficient (Wildman–Crippen LogP) is 0.854. The standard InChI is InChI=1S/C17H29N3O3/c1-2-18-7-9-19(10-8-18)13-15-12-16(22)17(23)14-20(15)6-4-3-5-11-21/h12,14,21,23H,2-11,13H2,1H3. The Kier molecular flexibility index (Phi) is 7.08. The molecule has 0 amide bonds. The van der Waals surface area contributed by atoms with Crippen molar-refractivity contribution in [1.29, 1.82) is 0 Å². The fourth-order valence-electron chi connectivity index (χ4n) is 3.01. The maximum Gasteiger partial charge on any atom is 0.223 e. The molecule has 0 atom stereocenters. The van der Waals surface area contributed by atoms with Crippen LogP contribution in [0, 0.1) is 0 Å². The van der Waals surface area contributed by atoms with Gasteiger partial charge in [0.25, 0.3) is 0 Å². The van der Waals surface area contributed by atoms with Crippen molar-refractivity contribution in [3.05, 3.63) is 28.2 Å². The van der Waals surface area contributed by atoms with Crippen LogP contribution in [0.15, 0.2) is 17.1 Å². The van der Waals surface area contributed by atoms with Crippen molar-refractivity contribution >= 4 is 0 Å². The van der Waals surface area contributed by atoms with Gasteiger partial charge in [0.05, 0.1) is 6.20 Å². The maximum absolute atomic E-state index is 11.8. The minimum Gasteiger partial charge on any atom is -0.503 e. The zero-order valence-electron chi connectivity index (χ0n) is 14.1. The van der Waals surface area contributed by atoms with Crippen molar-refractivity contribution in [3.8, 4) is 5.75 Å². The summed E-state index contributed by atoms with van der Waals surface area (Å²) in [5.41, 5.74) is 0.653. The van der Waals surface area contributed by atoms with Crippen molar-refractivity contribution in [1.82, 2.24) is 14.4 Å². The quantitative estimate of drug-likeness (QED) is 0.694. The van der Waals surface area contributed by atoms with Gasteiger partial charge >= 0.3 is 0 Å². The van der Waals surface area contributed by atoms with Crippen molar-refractivity contribution < 1.29 is 10.2 Å². The Morgan fingerprint density at radius 1 is 1.09 bits per heavy atom. The lowest BCUT2D eigenvalue weighted by molar-refractivity contribution is 0.129. The number of piperazine rings is 1. The fourth-order valence-corrected chi connectivity index (χ4v) is 3.01. The third-order valence-electron chi connectivity index (χ3n) is 4.55. The number of pyridine rings is 1. The van der Waals surface area contributed by atoms with Gasteiger partial charge in [-0.1, -0.05) is 6.92 Å². The van der Waals surface area contributed by atoms with Gasteiger partial charge in [-0.05, 0) is 25.8 Å². The number of aromatic hydroxyl groups is 1. The van der Waals surface area contributed by atoms with Gasteiger partial charge < -0.3 is 19.7 Å². The molecule has 2 heterocycles. The van der Waals surface area contributed by atoms with Gasteiger partial charge in [0.2, 0.25) is 5.43 Å². The number of aliphatic hydroxyl groups excluding tert-OH is 1. The summed E-state index contributed by atoms with van der Waals surface area (Å²) >= 11 is 0. The second-order valence-electron chi connectivity index (χ2n) is 6.20. The van der Waals surface area contributed by atoms with Crippen molar-refractivity contribution in [2.24, 2.45) is 0 Å². The number of aliphatic hydroxyl groups is 1. The van der Waals surface area contributed by atoms with Crippen LogP contribution in [0.2, 0.25) is 0 Å². The Bertz CT molecular complexity index is 536. The number of nitrogens with zero attached hydrogens (tertiary/aromatic N) is 3. The molecule has 1 saturated heterocycles. The van der Waals surface area contributed by atoms with Crippen LogP contribution in [0.5, 0.6) is 5.75 Å². The molecule has 0 bridgehead atoms. The van der Waals surface area contributed by atoms with Gasteiger partial charge in [0.15, 0.2) is 5.75 Å². The number of unbranched alkanes of at least 4 members (excludes halogenated alkanes) is 2. The van der Waals surface area contributed by atoms with E-state index in [9.17, 15) is 9.90 Å². The van der Waals surface area contributed by atoms with Gasteiger partial charge in [0.1, 0.15) is 0 Å². The van der Waals surface area contributed by atoms with E-state index in [1.165, 1.54) is 0 Å². The van der Waals surface area contributed by atoms with Gasteiger partial charge in [-0.25, -0.2) is 0 Å².